The standard InChI is InChI=1S/C15H18Cl2N2O3/c1-8(2)21-11-7-9(6-10(16)12(11)17)19-14(20)22-13(18-19)15(3,4)5/h6-8H,1-5H3. The van der Waals surface area contributed by atoms with Crippen LogP contribution in [-0.4, -0.2) is 15.9 Å². The zero-order valence-corrected chi connectivity index (χ0v) is 14.6. The highest BCUT2D eigenvalue weighted by Gasteiger charge is 2.23. The molecule has 1 aromatic carbocycles. The molecular weight excluding hydrogens is 327 g/mol. The molecule has 0 saturated carbocycles. The maximum Gasteiger partial charge on any atom is 0.441 e. The molecule has 0 spiro atoms. The van der Waals surface area contributed by atoms with Crippen LogP contribution in [0.5, 0.6) is 5.75 Å². The lowest BCUT2D eigenvalue weighted by atomic mass is 9.97. The summed E-state index contributed by atoms with van der Waals surface area (Å²) in [4.78, 5) is 12.0. The summed E-state index contributed by atoms with van der Waals surface area (Å²) in [7, 11) is 0. The second-order valence-electron chi connectivity index (χ2n) is 6.24. The first-order chi connectivity index (χ1) is 10.1. The Kier molecular flexibility index (Phi) is 4.59. The SMILES string of the molecule is CC(C)Oc1cc(-n2nc(C(C)(C)C)oc2=O)cc(Cl)c1Cl. The van der Waals surface area contributed by atoms with Crippen molar-refractivity contribution in [2.45, 2.75) is 46.1 Å². The van der Waals surface area contributed by atoms with Crippen molar-refractivity contribution >= 4 is 23.2 Å². The molecule has 0 aliphatic heterocycles. The second kappa shape index (κ2) is 5.97. The maximum absolute atomic E-state index is 12.0. The van der Waals surface area contributed by atoms with Gasteiger partial charge in [-0.2, -0.15) is 4.68 Å². The smallest absolute Gasteiger partial charge is 0.441 e. The van der Waals surface area contributed by atoms with Crippen LogP contribution in [0.4, 0.5) is 0 Å². The van der Waals surface area contributed by atoms with E-state index in [1.54, 1.807) is 12.1 Å². The Bertz CT molecular complexity index is 742. The van der Waals surface area contributed by atoms with Crippen molar-refractivity contribution in [2.75, 3.05) is 0 Å². The fraction of sp³-hybridized carbons (Fsp3) is 0.467. The topological polar surface area (TPSA) is 57.3 Å². The summed E-state index contributed by atoms with van der Waals surface area (Å²) < 4.78 is 12.0. The van der Waals surface area contributed by atoms with E-state index < -0.39 is 5.76 Å². The van der Waals surface area contributed by atoms with E-state index in [1.807, 2.05) is 34.6 Å². The van der Waals surface area contributed by atoms with Crippen molar-refractivity contribution in [1.29, 1.82) is 0 Å². The Labute approximate surface area is 138 Å². The van der Waals surface area contributed by atoms with Gasteiger partial charge in [0.1, 0.15) is 10.8 Å². The molecule has 0 radical (unpaired) electrons. The Morgan fingerprint density at radius 3 is 2.41 bits per heavy atom. The molecule has 0 unspecified atom stereocenters. The lowest BCUT2D eigenvalue weighted by molar-refractivity contribution is 0.242. The largest absolute Gasteiger partial charge is 0.489 e. The number of hydrogen-bond donors (Lipinski definition) is 0. The van der Waals surface area contributed by atoms with Crippen molar-refractivity contribution < 1.29 is 9.15 Å². The van der Waals surface area contributed by atoms with Crippen LogP contribution in [0.25, 0.3) is 5.69 Å². The van der Waals surface area contributed by atoms with Crippen molar-refractivity contribution in [3.8, 4) is 11.4 Å². The lowest BCUT2D eigenvalue weighted by Gasteiger charge is -2.13. The molecule has 0 atom stereocenters. The number of hydrogen-bond acceptors (Lipinski definition) is 4. The van der Waals surface area contributed by atoms with Gasteiger partial charge in [-0.1, -0.05) is 44.0 Å². The third kappa shape index (κ3) is 3.47. The highest BCUT2D eigenvalue weighted by atomic mass is 35.5. The normalized spacial score (nSPS) is 12.0. The molecule has 0 fully saturated rings. The summed E-state index contributed by atoms with van der Waals surface area (Å²) in [5.74, 6) is 0.153. The first-order valence-corrected chi connectivity index (χ1v) is 7.62. The predicted octanol–water partition coefficient (Wildman–Crippen LogP) is 4.22. The lowest BCUT2D eigenvalue weighted by Crippen LogP contribution is -2.15. The molecule has 0 N–H and O–H groups in total. The van der Waals surface area contributed by atoms with Crippen molar-refractivity contribution in [2.24, 2.45) is 0 Å². The van der Waals surface area contributed by atoms with Crippen LogP contribution in [0, 0.1) is 0 Å². The van der Waals surface area contributed by atoms with Gasteiger partial charge in [0, 0.05) is 11.5 Å². The van der Waals surface area contributed by atoms with E-state index in [0.717, 1.165) is 4.68 Å². The summed E-state index contributed by atoms with van der Waals surface area (Å²) in [6.07, 6.45) is -0.0806. The number of halogens is 2. The summed E-state index contributed by atoms with van der Waals surface area (Å²) in [5.41, 5.74) is 0.0621. The molecule has 1 heterocycles. The highest BCUT2D eigenvalue weighted by molar-refractivity contribution is 6.43. The molecule has 0 saturated heterocycles. The maximum atomic E-state index is 12.0. The molecule has 7 heteroatoms. The third-order valence-electron chi connectivity index (χ3n) is 2.78. The van der Waals surface area contributed by atoms with Gasteiger partial charge >= 0.3 is 5.76 Å². The zero-order valence-electron chi connectivity index (χ0n) is 13.1. The van der Waals surface area contributed by atoms with E-state index in [2.05, 4.69) is 5.10 Å². The molecular formula is C15H18Cl2N2O3. The number of ether oxygens (including phenoxy) is 1. The minimum absolute atomic E-state index is 0.0806. The monoisotopic (exact) mass is 344 g/mol. The molecule has 2 aromatic rings. The van der Waals surface area contributed by atoms with E-state index in [0.29, 0.717) is 22.4 Å². The summed E-state index contributed by atoms with van der Waals surface area (Å²) in [5, 5.41) is 4.80. The van der Waals surface area contributed by atoms with Crippen LogP contribution in [0.2, 0.25) is 10.0 Å². The van der Waals surface area contributed by atoms with E-state index in [9.17, 15) is 4.79 Å². The minimum atomic E-state index is -0.584. The van der Waals surface area contributed by atoms with Gasteiger partial charge in [0.2, 0.25) is 5.89 Å². The minimum Gasteiger partial charge on any atom is -0.489 e. The fourth-order valence-electron chi connectivity index (χ4n) is 1.76. The van der Waals surface area contributed by atoms with E-state index >= 15 is 0 Å². The molecule has 2 rings (SSSR count). The number of rotatable bonds is 3. The van der Waals surface area contributed by atoms with Crippen LogP contribution < -0.4 is 10.5 Å². The van der Waals surface area contributed by atoms with Crippen LogP contribution in [0.15, 0.2) is 21.3 Å². The van der Waals surface area contributed by atoms with Gasteiger partial charge in [-0.25, -0.2) is 4.79 Å². The van der Waals surface area contributed by atoms with Crippen molar-refractivity contribution in [3.05, 3.63) is 38.6 Å². The molecule has 0 amide bonds. The summed E-state index contributed by atoms with van der Waals surface area (Å²) >= 11 is 12.2. The zero-order chi connectivity index (χ0) is 16.7. The quantitative estimate of drug-likeness (QED) is 0.836. The van der Waals surface area contributed by atoms with Gasteiger partial charge in [0.25, 0.3) is 0 Å². The molecule has 5 nitrogen and oxygen atoms in total. The van der Waals surface area contributed by atoms with E-state index in [4.69, 9.17) is 32.4 Å². The van der Waals surface area contributed by atoms with Gasteiger partial charge in [-0.15, -0.1) is 5.10 Å². The first-order valence-electron chi connectivity index (χ1n) is 6.86. The molecule has 0 aliphatic rings. The first kappa shape index (κ1) is 16.9. The van der Waals surface area contributed by atoms with Crippen molar-refractivity contribution in [1.82, 2.24) is 9.78 Å². The average Bonchev–Trinajstić information content (AvgIpc) is 2.76. The molecule has 0 aliphatic carbocycles. The Morgan fingerprint density at radius 1 is 1.27 bits per heavy atom. The van der Waals surface area contributed by atoms with Gasteiger partial charge < -0.3 is 9.15 Å². The van der Waals surface area contributed by atoms with Crippen molar-refractivity contribution in [3.63, 3.8) is 0 Å². The van der Waals surface area contributed by atoms with Crippen LogP contribution >= 0.6 is 23.2 Å². The highest BCUT2D eigenvalue weighted by Crippen LogP contribution is 2.35. The molecule has 22 heavy (non-hydrogen) atoms. The van der Waals surface area contributed by atoms with Gasteiger partial charge in [0.05, 0.1) is 16.8 Å². The molecule has 0 bridgehead atoms. The number of nitrogens with zero attached hydrogens (tertiary/aromatic N) is 2. The Hall–Kier alpha value is -1.46. The summed E-state index contributed by atoms with van der Waals surface area (Å²) in [6.45, 7) is 9.47. The average molecular weight is 345 g/mol. The second-order valence-corrected chi connectivity index (χ2v) is 7.03. The molecule has 1 aromatic heterocycles. The third-order valence-corrected chi connectivity index (χ3v) is 3.56. The predicted molar refractivity (Wildman–Crippen MR) is 86.6 cm³/mol. The Morgan fingerprint density at radius 2 is 1.91 bits per heavy atom. The Balaban J connectivity index is 2.56. The number of aromatic nitrogens is 2. The van der Waals surface area contributed by atoms with Gasteiger partial charge in [-0.3, -0.25) is 0 Å². The van der Waals surface area contributed by atoms with Gasteiger partial charge in [-0.05, 0) is 19.9 Å². The van der Waals surface area contributed by atoms with E-state index in [-0.39, 0.29) is 16.5 Å². The number of benzene rings is 1. The van der Waals surface area contributed by atoms with Crippen LogP contribution in [0.1, 0.15) is 40.5 Å². The fourth-order valence-corrected chi connectivity index (χ4v) is 2.12. The van der Waals surface area contributed by atoms with E-state index in [1.165, 1.54) is 0 Å². The van der Waals surface area contributed by atoms with Crippen LogP contribution in [-0.2, 0) is 5.41 Å². The van der Waals surface area contributed by atoms with Gasteiger partial charge in [0.15, 0.2) is 0 Å². The molecule has 120 valence electrons. The summed E-state index contributed by atoms with van der Waals surface area (Å²) in [6, 6.07) is 3.16. The van der Waals surface area contributed by atoms with Crippen LogP contribution in [0.3, 0.4) is 0 Å².